The molecule has 0 saturated heterocycles. The van der Waals surface area contributed by atoms with Crippen LogP contribution in [0.5, 0.6) is 0 Å². The van der Waals surface area contributed by atoms with Crippen LogP contribution in [0.4, 0.5) is 0 Å². The van der Waals surface area contributed by atoms with E-state index in [2.05, 4.69) is 44.7 Å². The van der Waals surface area contributed by atoms with Crippen LogP contribution in [0.1, 0.15) is 30.4 Å². The topological polar surface area (TPSA) is 0 Å². The van der Waals surface area contributed by atoms with Crippen molar-refractivity contribution in [2.24, 2.45) is 0 Å². The SMILES string of the molecule is C=C[C@@H](CC)c1ccccc1C. The smallest absolute Gasteiger partial charge is 0.00152 e. The minimum atomic E-state index is 0.520. The second-order valence-electron chi connectivity index (χ2n) is 3.11. The van der Waals surface area contributed by atoms with Crippen LogP contribution in [0.25, 0.3) is 0 Å². The lowest BCUT2D eigenvalue weighted by Crippen LogP contribution is -1.95. The molecule has 12 heavy (non-hydrogen) atoms. The lowest BCUT2D eigenvalue weighted by Gasteiger charge is -2.12. The van der Waals surface area contributed by atoms with Crippen molar-refractivity contribution in [1.29, 1.82) is 0 Å². The fraction of sp³-hybridized carbons (Fsp3) is 0.333. The van der Waals surface area contributed by atoms with Crippen LogP contribution in [0.3, 0.4) is 0 Å². The van der Waals surface area contributed by atoms with E-state index in [0.29, 0.717) is 5.92 Å². The molecule has 0 bridgehead atoms. The highest BCUT2D eigenvalue weighted by Gasteiger charge is 2.05. The first-order valence-electron chi connectivity index (χ1n) is 4.47. The Morgan fingerprint density at radius 1 is 1.42 bits per heavy atom. The zero-order valence-corrected chi connectivity index (χ0v) is 7.88. The first-order valence-corrected chi connectivity index (χ1v) is 4.47. The Hall–Kier alpha value is -1.04. The lowest BCUT2D eigenvalue weighted by atomic mass is 9.93. The third kappa shape index (κ3) is 1.76. The van der Waals surface area contributed by atoms with Crippen molar-refractivity contribution >= 4 is 0 Å². The van der Waals surface area contributed by atoms with Crippen LogP contribution < -0.4 is 0 Å². The summed E-state index contributed by atoms with van der Waals surface area (Å²) in [5, 5.41) is 0. The van der Waals surface area contributed by atoms with Gasteiger partial charge in [0.2, 0.25) is 0 Å². The van der Waals surface area contributed by atoms with Gasteiger partial charge in [-0.15, -0.1) is 6.58 Å². The third-order valence-electron chi connectivity index (χ3n) is 2.31. The van der Waals surface area contributed by atoms with Gasteiger partial charge in [0.1, 0.15) is 0 Å². The number of benzene rings is 1. The standard InChI is InChI=1S/C12H16/c1-4-11(5-2)12-9-7-6-8-10(12)3/h4,6-9,11H,1,5H2,2-3H3/t11-/m0/s1. The second kappa shape index (κ2) is 4.10. The molecule has 0 fully saturated rings. The maximum Gasteiger partial charge on any atom is 0.00152 e. The van der Waals surface area contributed by atoms with E-state index in [1.165, 1.54) is 11.1 Å². The Kier molecular flexibility index (Phi) is 3.09. The van der Waals surface area contributed by atoms with Gasteiger partial charge in [-0.25, -0.2) is 0 Å². The minimum absolute atomic E-state index is 0.520. The summed E-state index contributed by atoms with van der Waals surface area (Å²) < 4.78 is 0. The highest BCUT2D eigenvalue weighted by molar-refractivity contribution is 5.31. The van der Waals surface area contributed by atoms with Crippen molar-refractivity contribution in [3.63, 3.8) is 0 Å². The van der Waals surface area contributed by atoms with E-state index >= 15 is 0 Å². The van der Waals surface area contributed by atoms with Gasteiger partial charge in [0.05, 0.1) is 0 Å². The molecule has 0 spiro atoms. The number of allylic oxidation sites excluding steroid dienone is 1. The number of rotatable bonds is 3. The summed E-state index contributed by atoms with van der Waals surface area (Å²) in [5.41, 5.74) is 2.78. The van der Waals surface area contributed by atoms with E-state index < -0.39 is 0 Å². The highest BCUT2D eigenvalue weighted by atomic mass is 14.1. The van der Waals surface area contributed by atoms with E-state index in [-0.39, 0.29) is 0 Å². The van der Waals surface area contributed by atoms with Crippen molar-refractivity contribution in [3.8, 4) is 0 Å². The van der Waals surface area contributed by atoms with Gasteiger partial charge in [-0.1, -0.05) is 37.3 Å². The van der Waals surface area contributed by atoms with Crippen LogP contribution >= 0.6 is 0 Å². The first-order chi connectivity index (χ1) is 5.79. The maximum absolute atomic E-state index is 3.85. The average Bonchev–Trinajstić information content (AvgIpc) is 2.10. The first kappa shape index (κ1) is 9.05. The number of hydrogen-bond donors (Lipinski definition) is 0. The molecule has 0 saturated carbocycles. The second-order valence-corrected chi connectivity index (χ2v) is 3.11. The molecule has 1 atom stereocenters. The van der Waals surface area contributed by atoms with Gasteiger partial charge in [-0.05, 0) is 24.5 Å². The molecule has 0 aliphatic heterocycles. The molecule has 0 nitrogen and oxygen atoms in total. The summed E-state index contributed by atoms with van der Waals surface area (Å²) in [6, 6.07) is 8.51. The molecule has 0 radical (unpaired) electrons. The molecular formula is C12H16. The average molecular weight is 160 g/mol. The molecule has 0 aliphatic carbocycles. The van der Waals surface area contributed by atoms with E-state index in [1.807, 2.05) is 6.08 Å². The Balaban J connectivity index is 3.00. The van der Waals surface area contributed by atoms with Gasteiger partial charge in [0.15, 0.2) is 0 Å². The molecule has 0 aromatic heterocycles. The molecule has 64 valence electrons. The van der Waals surface area contributed by atoms with Gasteiger partial charge < -0.3 is 0 Å². The van der Waals surface area contributed by atoms with Crippen molar-refractivity contribution in [1.82, 2.24) is 0 Å². The molecule has 0 heteroatoms. The lowest BCUT2D eigenvalue weighted by molar-refractivity contribution is 0.801. The van der Waals surface area contributed by atoms with Crippen molar-refractivity contribution in [2.75, 3.05) is 0 Å². The third-order valence-corrected chi connectivity index (χ3v) is 2.31. The molecule has 1 rings (SSSR count). The van der Waals surface area contributed by atoms with Crippen molar-refractivity contribution in [2.45, 2.75) is 26.2 Å². The van der Waals surface area contributed by atoms with E-state index in [9.17, 15) is 0 Å². The summed E-state index contributed by atoms with van der Waals surface area (Å²) in [6.45, 7) is 8.20. The van der Waals surface area contributed by atoms with Crippen LogP contribution in [-0.4, -0.2) is 0 Å². The highest BCUT2D eigenvalue weighted by Crippen LogP contribution is 2.23. The fourth-order valence-electron chi connectivity index (χ4n) is 1.52. The number of aryl methyl sites for hydroxylation is 1. The Morgan fingerprint density at radius 3 is 2.58 bits per heavy atom. The van der Waals surface area contributed by atoms with Crippen molar-refractivity contribution in [3.05, 3.63) is 48.0 Å². The molecule has 1 aromatic carbocycles. The molecule has 0 aliphatic rings. The molecule has 0 N–H and O–H groups in total. The van der Waals surface area contributed by atoms with Crippen LogP contribution in [-0.2, 0) is 0 Å². The van der Waals surface area contributed by atoms with Crippen LogP contribution in [0.2, 0.25) is 0 Å². The van der Waals surface area contributed by atoms with Gasteiger partial charge in [0, 0.05) is 5.92 Å². The normalized spacial score (nSPS) is 12.5. The van der Waals surface area contributed by atoms with Crippen LogP contribution in [0, 0.1) is 6.92 Å². The van der Waals surface area contributed by atoms with Gasteiger partial charge >= 0.3 is 0 Å². The molecular weight excluding hydrogens is 144 g/mol. The Morgan fingerprint density at radius 2 is 2.08 bits per heavy atom. The largest absolute Gasteiger partial charge is 0.102 e. The Bertz CT molecular complexity index is 260. The van der Waals surface area contributed by atoms with E-state index in [1.54, 1.807) is 0 Å². The number of hydrogen-bond acceptors (Lipinski definition) is 0. The summed E-state index contributed by atoms with van der Waals surface area (Å²) in [6.07, 6.45) is 3.16. The monoisotopic (exact) mass is 160 g/mol. The van der Waals surface area contributed by atoms with Gasteiger partial charge in [0.25, 0.3) is 0 Å². The fourth-order valence-corrected chi connectivity index (χ4v) is 1.52. The molecule has 0 unspecified atom stereocenters. The quantitative estimate of drug-likeness (QED) is 0.592. The molecule has 0 amide bonds. The van der Waals surface area contributed by atoms with Crippen LogP contribution in [0.15, 0.2) is 36.9 Å². The summed E-state index contributed by atoms with van der Waals surface area (Å²) in [5.74, 6) is 0.520. The maximum atomic E-state index is 3.85. The minimum Gasteiger partial charge on any atom is -0.102 e. The summed E-state index contributed by atoms with van der Waals surface area (Å²) in [4.78, 5) is 0. The Labute approximate surface area is 74.9 Å². The molecule has 1 aromatic rings. The van der Waals surface area contributed by atoms with Gasteiger partial charge in [-0.2, -0.15) is 0 Å². The predicted octanol–water partition coefficient (Wildman–Crippen LogP) is 3.67. The zero-order valence-electron chi connectivity index (χ0n) is 7.88. The van der Waals surface area contributed by atoms with E-state index in [0.717, 1.165) is 6.42 Å². The summed E-state index contributed by atoms with van der Waals surface area (Å²) >= 11 is 0. The van der Waals surface area contributed by atoms with Crippen molar-refractivity contribution < 1.29 is 0 Å². The zero-order chi connectivity index (χ0) is 8.97. The molecule has 0 heterocycles. The van der Waals surface area contributed by atoms with E-state index in [4.69, 9.17) is 0 Å². The van der Waals surface area contributed by atoms with Gasteiger partial charge in [-0.3, -0.25) is 0 Å². The summed E-state index contributed by atoms with van der Waals surface area (Å²) in [7, 11) is 0. The predicted molar refractivity (Wildman–Crippen MR) is 54.4 cm³/mol.